The van der Waals surface area contributed by atoms with E-state index in [1.807, 2.05) is 43.0 Å². The van der Waals surface area contributed by atoms with Crippen molar-refractivity contribution < 1.29 is 4.79 Å². The number of rotatable bonds is 2. The van der Waals surface area contributed by atoms with Crippen LogP contribution >= 0.6 is 11.8 Å². The van der Waals surface area contributed by atoms with E-state index in [9.17, 15) is 4.79 Å². The van der Waals surface area contributed by atoms with Crippen molar-refractivity contribution in [2.75, 3.05) is 16.8 Å². The van der Waals surface area contributed by atoms with Gasteiger partial charge in [0.1, 0.15) is 0 Å². The number of carbonyl (C=O) groups excluding carboxylic acids is 1. The fraction of sp³-hybridized carbons (Fsp3) is 0.417. The van der Waals surface area contributed by atoms with Gasteiger partial charge in [0, 0.05) is 17.4 Å². The summed E-state index contributed by atoms with van der Waals surface area (Å²) in [5.74, 6) is 2.46. The van der Waals surface area contributed by atoms with Gasteiger partial charge in [0.15, 0.2) is 0 Å². The van der Waals surface area contributed by atoms with E-state index in [4.69, 9.17) is 0 Å². The van der Waals surface area contributed by atoms with E-state index in [1.165, 1.54) is 5.56 Å². The molecule has 80 valence electrons. The van der Waals surface area contributed by atoms with E-state index in [2.05, 4.69) is 5.32 Å². The predicted octanol–water partition coefficient (Wildman–Crippen LogP) is 2.69. The van der Waals surface area contributed by atoms with Crippen molar-refractivity contribution in [3.05, 3.63) is 29.8 Å². The number of benzene rings is 1. The Morgan fingerprint density at radius 2 is 2.13 bits per heavy atom. The summed E-state index contributed by atoms with van der Waals surface area (Å²) in [6.07, 6.45) is 1.02. The molecule has 1 aromatic rings. The fourth-order valence-corrected chi connectivity index (χ4v) is 2.84. The van der Waals surface area contributed by atoms with E-state index < -0.39 is 0 Å². The van der Waals surface area contributed by atoms with Crippen molar-refractivity contribution >= 4 is 23.4 Å². The zero-order valence-electron chi connectivity index (χ0n) is 8.82. The molecule has 1 heterocycles. The molecule has 2 nitrogen and oxygen atoms in total. The van der Waals surface area contributed by atoms with Gasteiger partial charge in [-0.25, -0.2) is 0 Å². The lowest BCUT2D eigenvalue weighted by Crippen LogP contribution is -2.22. The number of amides is 1. The average Bonchev–Trinajstić information content (AvgIpc) is 2.74. The first-order chi connectivity index (χ1) is 7.25. The lowest BCUT2D eigenvalue weighted by Gasteiger charge is -2.09. The highest BCUT2D eigenvalue weighted by Crippen LogP contribution is 2.24. The van der Waals surface area contributed by atoms with Crippen molar-refractivity contribution in [3.8, 4) is 0 Å². The summed E-state index contributed by atoms with van der Waals surface area (Å²) < 4.78 is 0. The van der Waals surface area contributed by atoms with Crippen LogP contribution in [0.5, 0.6) is 0 Å². The molecule has 0 aliphatic carbocycles. The summed E-state index contributed by atoms with van der Waals surface area (Å²) >= 11 is 1.86. The van der Waals surface area contributed by atoms with E-state index in [1.54, 1.807) is 0 Å². The SMILES string of the molecule is Cc1ccc(NC(=O)C2CCSC2)cc1. The van der Waals surface area contributed by atoms with Crippen LogP contribution in [0.15, 0.2) is 24.3 Å². The molecule has 3 heteroatoms. The molecule has 1 saturated heterocycles. The Hall–Kier alpha value is -0.960. The van der Waals surface area contributed by atoms with Gasteiger partial charge in [0.25, 0.3) is 0 Å². The zero-order chi connectivity index (χ0) is 10.7. The quantitative estimate of drug-likeness (QED) is 0.832. The van der Waals surface area contributed by atoms with E-state index in [0.29, 0.717) is 0 Å². The second-order valence-electron chi connectivity index (χ2n) is 3.92. The Kier molecular flexibility index (Phi) is 3.31. The third kappa shape index (κ3) is 2.75. The highest BCUT2D eigenvalue weighted by Gasteiger charge is 2.22. The van der Waals surface area contributed by atoms with Gasteiger partial charge >= 0.3 is 0 Å². The Morgan fingerprint density at radius 3 is 2.73 bits per heavy atom. The molecule has 0 spiro atoms. The van der Waals surface area contributed by atoms with Crippen LogP contribution in [0.1, 0.15) is 12.0 Å². The summed E-state index contributed by atoms with van der Waals surface area (Å²) in [6, 6.07) is 7.93. The number of hydrogen-bond donors (Lipinski definition) is 1. The predicted molar refractivity (Wildman–Crippen MR) is 65.2 cm³/mol. The monoisotopic (exact) mass is 221 g/mol. The maximum absolute atomic E-state index is 11.8. The third-order valence-electron chi connectivity index (χ3n) is 2.62. The number of carbonyl (C=O) groups is 1. The molecule has 1 aromatic carbocycles. The van der Waals surface area contributed by atoms with Crippen molar-refractivity contribution in [1.82, 2.24) is 0 Å². The number of thioether (sulfide) groups is 1. The molecule has 15 heavy (non-hydrogen) atoms. The molecule has 1 aliphatic heterocycles. The number of aryl methyl sites for hydroxylation is 1. The summed E-state index contributed by atoms with van der Waals surface area (Å²) in [6.45, 7) is 2.04. The molecule has 1 atom stereocenters. The second kappa shape index (κ2) is 4.71. The van der Waals surface area contributed by atoms with Crippen LogP contribution in [0.25, 0.3) is 0 Å². The highest BCUT2D eigenvalue weighted by atomic mass is 32.2. The van der Waals surface area contributed by atoms with Gasteiger partial charge in [-0.2, -0.15) is 11.8 Å². The molecule has 0 bridgehead atoms. The lowest BCUT2D eigenvalue weighted by molar-refractivity contribution is -0.119. The van der Waals surface area contributed by atoms with Gasteiger partial charge in [0.2, 0.25) is 5.91 Å². The fourth-order valence-electron chi connectivity index (χ4n) is 1.62. The summed E-state index contributed by atoms with van der Waals surface area (Å²) in [7, 11) is 0. The van der Waals surface area contributed by atoms with Gasteiger partial charge in [-0.15, -0.1) is 0 Å². The Balaban J connectivity index is 1.96. The van der Waals surface area contributed by atoms with E-state index >= 15 is 0 Å². The average molecular weight is 221 g/mol. The lowest BCUT2D eigenvalue weighted by atomic mass is 10.1. The second-order valence-corrected chi connectivity index (χ2v) is 5.07. The summed E-state index contributed by atoms with van der Waals surface area (Å²) in [5, 5.41) is 2.96. The first kappa shape index (κ1) is 10.6. The molecule has 1 aliphatic rings. The molecular formula is C12H15NOS. The van der Waals surface area contributed by atoms with E-state index in [0.717, 1.165) is 23.6 Å². The van der Waals surface area contributed by atoms with Crippen LogP contribution in [-0.2, 0) is 4.79 Å². The van der Waals surface area contributed by atoms with Crippen molar-refractivity contribution in [2.45, 2.75) is 13.3 Å². The molecular weight excluding hydrogens is 206 g/mol. The molecule has 0 radical (unpaired) electrons. The minimum atomic E-state index is 0.170. The molecule has 1 N–H and O–H groups in total. The molecule has 2 rings (SSSR count). The number of hydrogen-bond acceptors (Lipinski definition) is 2. The molecule has 1 fully saturated rings. The maximum atomic E-state index is 11.8. The smallest absolute Gasteiger partial charge is 0.228 e. The van der Waals surface area contributed by atoms with Crippen LogP contribution in [-0.4, -0.2) is 17.4 Å². The van der Waals surface area contributed by atoms with Gasteiger partial charge in [-0.1, -0.05) is 17.7 Å². The van der Waals surface area contributed by atoms with Gasteiger partial charge in [-0.3, -0.25) is 4.79 Å². The third-order valence-corrected chi connectivity index (χ3v) is 3.78. The molecule has 0 saturated carbocycles. The van der Waals surface area contributed by atoms with Crippen molar-refractivity contribution in [1.29, 1.82) is 0 Å². The first-order valence-corrected chi connectivity index (χ1v) is 6.36. The minimum absolute atomic E-state index is 0.170. The molecule has 0 aromatic heterocycles. The number of anilines is 1. The molecule has 1 amide bonds. The number of nitrogens with one attached hydrogen (secondary N) is 1. The highest BCUT2D eigenvalue weighted by molar-refractivity contribution is 7.99. The maximum Gasteiger partial charge on any atom is 0.228 e. The molecule has 1 unspecified atom stereocenters. The van der Waals surface area contributed by atoms with Crippen molar-refractivity contribution in [3.63, 3.8) is 0 Å². The normalized spacial score (nSPS) is 20.2. The Labute approximate surface area is 94.4 Å². The minimum Gasteiger partial charge on any atom is -0.326 e. The standard InChI is InChI=1S/C12H15NOS/c1-9-2-4-11(5-3-9)13-12(14)10-6-7-15-8-10/h2-5,10H,6-8H2,1H3,(H,13,14). The Morgan fingerprint density at radius 1 is 1.40 bits per heavy atom. The van der Waals surface area contributed by atoms with Crippen LogP contribution < -0.4 is 5.32 Å². The van der Waals surface area contributed by atoms with Crippen LogP contribution in [0, 0.1) is 12.8 Å². The topological polar surface area (TPSA) is 29.1 Å². The van der Waals surface area contributed by atoms with Crippen LogP contribution in [0.2, 0.25) is 0 Å². The zero-order valence-corrected chi connectivity index (χ0v) is 9.64. The van der Waals surface area contributed by atoms with Gasteiger partial charge in [0.05, 0.1) is 0 Å². The van der Waals surface area contributed by atoms with Gasteiger partial charge < -0.3 is 5.32 Å². The first-order valence-electron chi connectivity index (χ1n) is 5.21. The van der Waals surface area contributed by atoms with Gasteiger partial charge in [-0.05, 0) is 31.2 Å². The Bertz CT molecular complexity index is 341. The van der Waals surface area contributed by atoms with Crippen LogP contribution in [0.3, 0.4) is 0 Å². The largest absolute Gasteiger partial charge is 0.326 e. The summed E-state index contributed by atoms with van der Waals surface area (Å²) in [5.41, 5.74) is 2.12. The van der Waals surface area contributed by atoms with Crippen molar-refractivity contribution in [2.24, 2.45) is 5.92 Å². The summed E-state index contributed by atoms with van der Waals surface area (Å²) in [4.78, 5) is 11.8. The van der Waals surface area contributed by atoms with Crippen LogP contribution in [0.4, 0.5) is 5.69 Å². The van der Waals surface area contributed by atoms with E-state index in [-0.39, 0.29) is 11.8 Å².